The number of ether oxygens (including phenoxy) is 1. The highest BCUT2D eigenvalue weighted by atomic mass is 35.5. The second-order valence-corrected chi connectivity index (χ2v) is 8.29. The van der Waals surface area contributed by atoms with E-state index < -0.39 is 5.91 Å². The lowest BCUT2D eigenvalue weighted by atomic mass is 10.1. The van der Waals surface area contributed by atoms with E-state index in [1.165, 1.54) is 11.3 Å². The summed E-state index contributed by atoms with van der Waals surface area (Å²) in [5, 5.41) is 12.6. The molecular weight excluding hydrogens is 468 g/mol. The molecule has 0 saturated carbocycles. The summed E-state index contributed by atoms with van der Waals surface area (Å²) in [6, 6.07) is 14.7. The Morgan fingerprint density at radius 1 is 1.19 bits per heavy atom. The number of benzene rings is 2. The van der Waals surface area contributed by atoms with Gasteiger partial charge in [0, 0.05) is 16.5 Å². The lowest BCUT2D eigenvalue weighted by Crippen LogP contribution is -2.34. The molecule has 2 N–H and O–H groups in total. The molecule has 4 rings (SSSR count). The minimum absolute atomic E-state index is 0.108. The number of hydrogen-bond acceptors (Lipinski definition) is 7. The highest BCUT2D eigenvalue weighted by molar-refractivity contribution is 7.80. The van der Waals surface area contributed by atoms with Gasteiger partial charge in [-0.05, 0) is 49.5 Å². The Morgan fingerprint density at radius 2 is 1.94 bits per heavy atom. The minimum Gasteiger partial charge on any atom is -0.497 e. The first-order chi connectivity index (χ1) is 15.5. The molecule has 162 valence electrons. The Hall–Kier alpha value is -3.27. The molecule has 2 heterocycles. The van der Waals surface area contributed by atoms with E-state index in [1.54, 1.807) is 32.2 Å². The van der Waals surface area contributed by atoms with Crippen molar-refractivity contribution in [3.05, 3.63) is 70.3 Å². The van der Waals surface area contributed by atoms with Crippen LogP contribution >= 0.6 is 35.2 Å². The van der Waals surface area contributed by atoms with E-state index in [0.29, 0.717) is 27.2 Å². The summed E-state index contributed by atoms with van der Waals surface area (Å²) < 4.78 is 10.4. The second kappa shape index (κ2) is 9.47. The number of thiazole rings is 1. The molecule has 7 nitrogen and oxygen atoms in total. The molecular formula is C22H17ClN4O3S2. The zero-order chi connectivity index (χ0) is 22.7. The fourth-order valence-corrected chi connectivity index (χ4v) is 4.20. The maximum atomic E-state index is 12.9. The third kappa shape index (κ3) is 4.64. The number of carbonyl (C=O) groups excluding carboxylic acids is 1. The van der Waals surface area contributed by atoms with Crippen molar-refractivity contribution in [2.75, 3.05) is 12.4 Å². The molecule has 10 heteroatoms. The zero-order valence-corrected chi connectivity index (χ0v) is 19.4. The van der Waals surface area contributed by atoms with Gasteiger partial charge >= 0.3 is 0 Å². The predicted octanol–water partition coefficient (Wildman–Crippen LogP) is 5.56. The highest BCUT2D eigenvalue weighted by Gasteiger charge is 2.23. The molecule has 0 aliphatic rings. The van der Waals surface area contributed by atoms with Gasteiger partial charge in [-0.1, -0.05) is 35.0 Å². The van der Waals surface area contributed by atoms with Crippen molar-refractivity contribution in [1.29, 1.82) is 0 Å². The van der Waals surface area contributed by atoms with Gasteiger partial charge in [0.25, 0.3) is 5.91 Å². The Bertz CT molecular complexity index is 1280. The number of nitrogens with one attached hydrogen (secondary N) is 2. The fraction of sp³-hybridized carbons (Fsp3) is 0.0909. The van der Waals surface area contributed by atoms with Crippen LogP contribution in [0, 0.1) is 6.92 Å². The first-order valence-electron chi connectivity index (χ1n) is 9.39. The van der Waals surface area contributed by atoms with Gasteiger partial charge in [-0.2, -0.15) is 0 Å². The smallest absolute Gasteiger partial charge is 0.263 e. The van der Waals surface area contributed by atoms with Gasteiger partial charge < -0.3 is 14.6 Å². The van der Waals surface area contributed by atoms with Crippen LogP contribution in [-0.2, 0) is 0 Å². The molecule has 0 radical (unpaired) electrons. The van der Waals surface area contributed by atoms with E-state index in [0.717, 1.165) is 17.0 Å². The standard InChI is InChI=1S/C22H17ClN4O3S2/c1-12-18(19(27-30-12)15-5-3-4-6-16(15)23)20(28)25-21(31)26-22-24-17(11-32-22)13-7-9-14(29-2)10-8-13/h3-11H,1-2H3,(H2,24,25,26,28,31). The number of thiocarbonyl (C=S) groups is 1. The molecule has 1 amide bonds. The van der Waals surface area contributed by atoms with Crippen molar-refractivity contribution in [2.45, 2.75) is 6.92 Å². The molecule has 0 saturated heterocycles. The SMILES string of the molecule is COc1ccc(-c2csc(NC(=S)NC(=O)c3c(-c4ccccc4Cl)noc3C)n2)cc1. The number of amides is 1. The first-order valence-corrected chi connectivity index (χ1v) is 11.1. The van der Waals surface area contributed by atoms with E-state index in [1.807, 2.05) is 35.7 Å². The van der Waals surface area contributed by atoms with E-state index in [4.69, 9.17) is 33.1 Å². The molecule has 0 aliphatic carbocycles. The summed E-state index contributed by atoms with van der Waals surface area (Å²) in [5.74, 6) is 0.672. The Balaban J connectivity index is 1.47. The molecule has 4 aromatic rings. The van der Waals surface area contributed by atoms with Gasteiger partial charge in [0.1, 0.15) is 22.8 Å². The summed E-state index contributed by atoms with van der Waals surface area (Å²) >= 11 is 12.9. The summed E-state index contributed by atoms with van der Waals surface area (Å²) in [4.78, 5) is 17.4. The maximum Gasteiger partial charge on any atom is 0.263 e. The average molecular weight is 485 g/mol. The Kier molecular flexibility index (Phi) is 6.50. The van der Waals surface area contributed by atoms with Crippen LogP contribution < -0.4 is 15.4 Å². The van der Waals surface area contributed by atoms with Gasteiger partial charge in [-0.15, -0.1) is 11.3 Å². The third-order valence-electron chi connectivity index (χ3n) is 4.56. The summed E-state index contributed by atoms with van der Waals surface area (Å²) in [6.07, 6.45) is 0. The third-order valence-corrected chi connectivity index (χ3v) is 5.85. The van der Waals surface area contributed by atoms with Crippen LogP contribution in [0.1, 0.15) is 16.1 Å². The van der Waals surface area contributed by atoms with Crippen molar-refractivity contribution in [3.63, 3.8) is 0 Å². The van der Waals surface area contributed by atoms with Gasteiger partial charge in [0.2, 0.25) is 0 Å². The molecule has 0 spiro atoms. The highest BCUT2D eigenvalue weighted by Crippen LogP contribution is 2.31. The Labute approximate surface area is 198 Å². The monoisotopic (exact) mass is 484 g/mol. The summed E-state index contributed by atoms with van der Waals surface area (Å²) in [5.41, 5.74) is 2.93. The normalized spacial score (nSPS) is 10.6. The van der Waals surface area contributed by atoms with Crippen molar-refractivity contribution < 1.29 is 14.1 Å². The average Bonchev–Trinajstić information content (AvgIpc) is 3.40. The van der Waals surface area contributed by atoms with E-state index in [2.05, 4.69) is 20.8 Å². The lowest BCUT2D eigenvalue weighted by molar-refractivity contribution is 0.0977. The topological polar surface area (TPSA) is 89.3 Å². The van der Waals surface area contributed by atoms with Crippen LogP contribution in [-0.4, -0.2) is 28.3 Å². The van der Waals surface area contributed by atoms with Crippen molar-refractivity contribution >= 4 is 51.3 Å². The quantitative estimate of drug-likeness (QED) is 0.358. The molecule has 0 bridgehead atoms. The van der Waals surface area contributed by atoms with Gasteiger partial charge in [-0.3, -0.25) is 10.1 Å². The second-order valence-electron chi connectivity index (χ2n) is 6.62. The number of nitrogens with zero attached hydrogens (tertiary/aromatic N) is 2. The number of carbonyl (C=O) groups is 1. The zero-order valence-electron chi connectivity index (χ0n) is 17.0. The molecule has 0 atom stereocenters. The maximum absolute atomic E-state index is 12.9. The number of rotatable bonds is 5. The van der Waals surface area contributed by atoms with E-state index >= 15 is 0 Å². The first kappa shape index (κ1) is 21.9. The van der Waals surface area contributed by atoms with Gasteiger partial charge in [-0.25, -0.2) is 4.98 Å². The van der Waals surface area contributed by atoms with Crippen LogP contribution in [0.2, 0.25) is 5.02 Å². The van der Waals surface area contributed by atoms with Crippen LogP contribution in [0.3, 0.4) is 0 Å². The van der Waals surface area contributed by atoms with Gasteiger partial charge in [0.05, 0.1) is 17.8 Å². The molecule has 2 aromatic carbocycles. The molecule has 2 aromatic heterocycles. The van der Waals surface area contributed by atoms with Crippen LogP contribution in [0.5, 0.6) is 5.75 Å². The van der Waals surface area contributed by atoms with Crippen molar-refractivity contribution in [1.82, 2.24) is 15.5 Å². The molecule has 0 unspecified atom stereocenters. The summed E-state index contributed by atoms with van der Waals surface area (Å²) in [7, 11) is 1.62. The van der Waals surface area contributed by atoms with Crippen LogP contribution in [0.15, 0.2) is 58.4 Å². The molecule has 32 heavy (non-hydrogen) atoms. The number of anilines is 1. The largest absolute Gasteiger partial charge is 0.497 e. The molecule has 0 fully saturated rings. The van der Waals surface area contributed by atoms with Gasteiger partial charge in [0.15, 0.2) is 10.2 Å². The predicted molar refractivity (Wildman–Crippen MR) is 129 cm³/mol. The number of aromatic nitrogens is 2. The fourth-order valence-electron chi connectivity index (χ4n) is 3.00. The lowest BCUT2D eigenvalue weighted by Gasteiger charge is -2.08. The van der Waals surface area contributed by atoms with Crippen molar-refractivity contribution in [3.8, 4) is 28.3 Å². The van der Waals surface area contributed by atoms with E-state index in [-0.39, 0.29) is 10.7 Å². The molecule has 0 aliphatic heterocycles. The minimum atomic E-state index is -0.455. The summed E-state index contributed by atoms with van der Waals surface area (Å²) in [6.45, 7) is 1.65. The van der Waals surface area contributed by atoms with Crippen molar-refractivity contribution in [2.24, 2.45) is 0 Å². The number of halogens is 1. The number of aryl methyl sites for hydroxylation is 1. The van der Waals surface area contributed by atoms with Crippen LogP contribution in [0.4, 0.5) is 5.13 Å². The van der Waals surface area contributed by atoms with E-state index in [9.17, 15) is 4.79 Å². The number of methoxy groups -OCH3 is 1. The number of hydrogen-bond donors (Lipinski definition) is 2. The Morgan fingerprint density at radius 3 is 2.66 bits per heavy atom. The van der Waals surface area contributed by atoms with Crippen LogP contribution in [0.25, 0.3) is 22.5 Å².